The Bertz CT molecular complexity index is 293. The Morgan fingerprint density at radius 2 is 2.08 bits per heavy atom. The molecule has 0 amide bonds. The Labute approximate surface area is 76.4 Å². The molecule has 0 spiro atoms. The highest BCUT2D eigenvalue weighted by Gasteiger charge is 2.11. The molecule has 0 aliphatic carbocycles. The van der Waals surface area contributed by atoms with Crippen LogP contribution in [0.3, 0.4) is 0 Å². The highest BCUT2D eigenvalue weighted by Crippen LogP contribution is 2.21. The fraction of sp³-hybridized carbons (Fsp3) is 0.143. The molecule has 0 fully saturated rings. The van der Waals surface area contributed by atoms with Crippen LogP contribution in [0.4, 0.5) is 8.78 Å². The summed E-state index contributed by atoms with van der Waals surface area (Å²) < 4.78 is 26.0. The Morgan fingerprint density at radius 3 is 2.67 bits per heavy atom. The van der Waals surface area contributed by atoms with Gasteiger partial charge in [0.1, 0.15) is 11.6 Å². The Hall–Kier alpha value is -0.520. The van der Waals surface area contributed by atoms with Crippen LogP contribution in [0.2, 0.25) is 0 Å². The van der Waals surface area contributed by atoms with E-state index in [9.17, 15) is 8.78 Å². The first-order chi connectivity index (χ1) is 5.66. The van der Waals surface area contributed by atoms with Gasteiger partial charge in [0.15, 0.2) is 0 Å². The van der Waals surface area contributed by atoms with Crippen LogP contribution < -0.4 is 5.90 Å². The van der Waals surface area contributed by atoms with Gasteiger partial charge in [-0.05, 0) is 28.1 Å². The van der Waals surface area contributed by atoms with Crippen LogP contribution in [0.5, 0.6) is 0 Å². The minimum absolute atomic E-state index is 0.174. The van der Waals surface area contributed by atoms with Crippen molar-refractivity contribution < 1.29 is 13.6 Å². The largest absolute Gasteiger partial charge is 0.300 e. The number of benzene rings is 1. The van der Waals surface area contributed by atoms with Crippen molar-refractivity contribution in [3.63, 3.8) is 0 Å². The van der Waals surface area contributed by atoms with Gasteiger partial charge in [-0.25, -0.2) is 14.7 Å². The van der Waals surface area contributed by atoms with Crippen molar-refractivity contribution in [1.29, 1.82) is 0 Å². The first kappa shape index (κ1) is 9.57. The molecule has 0 heterocycles. The molecule has 0 unspecified atom stereocenters. The normalized spacial score (nSPS) is 10.3. The summed E-state index contributed by atoms with van der Waals surface area (Å²) >= 11 is 2.91. The molecular weight excluding hydrogens is 232 g/mol. The van der Waals surface area contributed by atoms with Crippen LogP contribution >= 0.6 is 15.9 Å². The van der Waals surface area contributed by atoms with E-state index >= 15 is 0 Å². The van der Waals surface area contributed by atoms with Gasteiger partial charge in [0.2, 0.25) is 0 Å². The monoisotopic (exact) mass is 237 g/mol. The van der Waals surface area contributed by atoms with Crippen LogP contribution in [-0.2, 0) is 11.4 Å². The van der Waals surface area contributed by atoms with Crippen molar-refractivity contribution in [2.75, 3.05) is 0 Å². The maximum atomic E-state index is 13.0. The highest BCUT2D eigenvalue weighted by atomic mass is 79.9. The molecule has 1 aromatic rings. The lowest BCUT2D eigenvalue weighted by molar-refractivity contribution is 0.118. The molecule has 0 radical (unpaired) electrons. The molecule has 0 bridgehead atoms. The zero-order chi connectivity index (χ0) is 9.14. The van der Waals surface area contributed by atoms with Crippen molar-refractivity contribution in [3.8, 4) is 0 Å². The molecule has 12 heavy (non-hydrogen) atoms. The van der Waals surface area contributed by atoms with Crippen molar-refractivity contribution in [2.45, 2.75) is 6.61 Å². The standard InChI is InChI=1S/C7H6BrF2NO/c8-5-1-2-6(9)4(3-12-11)7(5)10/h1-2H,3,11H2. The molecule has 2 N–H and O–H groups in total. The predicted octanol–water partition coefficient (Wildman–Crippen LogP) is 2.12. The minimum atomic E-state index is -0.680. The summed E-state index contributed by atoms with van der Waals surface area (Å²) in [6.07, 6.45) is 0. The van der Waals surface area contributed by atoms with Crippen molar-refractivity contribution in [1.82, 2.24) is 0 Å². The van der Waals surface area contributed by atoms with Gasteiger partial charge in [0.25, 0.3) is 0 Å². The molecule has 0 aliphatic heterocycles. The molecule has 0 aliphatic rings. The fourth-order valence-electron chi connectivity index (χ4n) is 0.785. The Morgan fingerprint density at radius 1 is 1.42 bits per heavy atom. The quantitative estimate of drug-likeness (QED) is 0.632. The van der Waals surface area contributed by atoms with Gasteiger partial charge in [-0.2, -0.15) is 0 Å². The van der Waals surface area contributed by atoms with E-state index in [2.05, 4.69) is 20.8 Å². The number of hydrogen-bond donors (Lipinski definition) is 1. The molecule has 5 heteroatoms. The van der Waals surface area contributed by atoms with Gasteiger partial charge in [-0.1, -0.05) is 0 Å². The van der Waals surface area contributed by atoms with Gasteiger partial charge in [0, 0.05) is 0 Å². The molecule has 1 aromatic carbocycles. The molecule has 1 rings (SSSR count). The first-order valence-electron chi connectivity index (χ1n) is 3.11. The summed E-state index contributed by atoms with van der Waals surface area (Å²) in [7, 11) is 0. The highest BCUT2D eigenvalue weighted by molar-refractivity contribution is 9.10. The molecule has 0 saturated heterocycles. The van der Waals surface area contributed by atoms with E-state index in [1.165, 1.54) is 6.07 Å². The maximum absolute atomic E-state index is 13.0. The maximum Gasteiger partial charge on any atom is 0.145 e. The average Bonchev–Trinajstić information content (AvgIpc) is 2.06. The number of hydrogen-bond acceptors (Lipinski definition) is 2. The molecular formula is C7H6BrF2NO. The summed E-state index contributed by atoms with van der Waals surface area (Å²) in [4.78, 5) is 4.14. The van der Waals surface area contributed by atoms with Gasteiger partial charge < -0.3 is 0 Å². The van der Waals surface area contributed by atoms with Crippen LogP contribution in [0, 0.1) is 11.6 Å². The number of halogens is 3. The van der Waals surface area contributed by atoms with Gasteiger partial charge in [-0.15, -0.1) is 0 Å². The van der Waals surface area contributed by atoms with E-state index in [1.807, 2.05) is 0 Å². The number of rotatable bonds is 2. The van der Waals surface area contributed by atoms with Crippen molar-refractivity contribution >= 4 is 15.9 Å². The smallest absolute Gasteiger partial charge is 0.145 e. The lowest BCUT2D eigenvalue weighted by atomic mass is 10.2. The van der Waals surface area contributed by atoms with E-state index in [4.69, 9.17) is 5.90 Å². The second-order valence-corrected chi connectivity index (χ2v) is 2.99. The lowest BCUT2D eigenvalue weighted by Gasteiger charge is -2.03. The summed E-state index contributed by atoms with van der Waals surface area (Å²) in [5, 5.41) is 0. The van der Waals surface area contributed by atoms with Crippen molar-refractivity contribution in [2.24, 2.45) is 5.90 Å². The van der Waals surface area contributed by atoms with Crippen LogP contribution in [0.25, 0.3) is 0 Å². The Balaban J connectivity index is 3.14. The predicted molar refractivity (Wildman–Crippen MR) is 43.0 cm³/mol. The number of nitrogens with two attached hydrogens (primary N) is 1. The van der Waals surface area contributed by atoms with Crippen LogP contribution in [-0.4, -0.2) is 0 Å². The Kier molecular flexibility index (Phi) is 3.13. The SMILES string of the molecule is NOCc1c(F)ccc(Br)c1F. The van der Waals surface area contributed by atoms with E-state index in [-0.39, 0.29) is 16.6 Å². The third kappa shape index (κ3) is 1.80. The average molecular weight is 238 g/mol. The third-order valence-corrected chi connectivity index (χ3v) is 1.98. The van der Waals surface area contributed by atoms with Crippen molar-refractivity contribution in [3.05, 3.63) is 33.8 Å². The lowest BCUT2D eigenvalue weighted by Crippen LogP contribution is -2.04. The van der Waals surface area contributed by atoms with E-state index < -0.39 is 11.6 Å². The van der Waals surface area contributed by atoms with Gasteiger partial charge in [-0.3, -0.25) is 4.84 Å². The summed E-state index contributed by atoms with van der Waals surface area (Å²) in [6.45, 7) is -0.281. The molecule has 66 valence electrons. The van der Waals surface area contributed by atoms with Gasteiger partial charge in [0.05, 0.1) is 16.6 Å². The fourth-order valence-corrected chi connectivity index (χ4v) is 1.16. The van der Waals surface area contributed by atoms with E-state index in [0.717, 1.165) is 6.07 Å². The third-order valence-electron chi connectivity index (χ3n) is 1.37. The van der Waals surface area contributed by atoms with E-state index in [0.29, 0.717) is 0 Å². The summed E-state index contributed by atoms with van der Waals surface area (Å²) in [5.41, 5.74) is -0.174. The zero-order valence-corrected chi connectivity index (χ0v) is 7.57. The second kappa shape index (κ2) is 3.93. The second-order valence-electron chi connectivity index (χ2n) is 2.13. The van der Waals surface area contributed by atoms with Crippen LogP contribution in [0.15, 0.2) is 16.6 Å². The van der Waals surface area contributed by atoms with Crippen LogP contribution in [0.1, 0.15) is 5.56 Å². The topological polar surface area (TPSA) is 35.2 Å². The van der Waals surface area contributed by atoms with Gasteiger partial charge >= 0.3 is 0 Å². The molecule has 0 saturated carbocycles. The molecule has 0 aromatic heterocycles. The summed E-state index contributed by atoms with van der Waals surface area (Å²) in [5.74, 6) is 3.35. The molecule has 0 atom stereocenters. The van der Waals surface area contributed by atoms with E-state index in [1.54, 1.807) is 0 Å². The zero-order valence-electron chi connectivity index (χ0n) is 5.98. The minimum Gasteiger partial charge on any atom is -0.300 e. The molecule has 2 nitrogen and oxygen atoms in total. The first-order valence-corrected chi connectivity index (χ1v) is 3.90. The summed E-state index contributed by atoms with van der Waals surface area (Å²) in [6, 6.07) is 2.42.